The van der Waals surface area contributed by atoms with Crippen molar-refractivity contribution in [3.05, 3.63) is 11.8 Å². The molecule has 0 aromatic heterocycles. The maximum absolute atomic E-state index is 5.21. The van der Waals surface area contributed by atoms with Gasteiger partial charge in [0.25, 0.3) is 0 Å². The van der Waals surface area contributed by atoms with Crippen molar-refractivity contribution in [2.75, 3.05) is 6.54 Å². The van der Waals surface area contributed by atoms with Crippen molar-refractivity contribution in [2.45, 2.75) is 34.1 Å². The Hall–Kier alpha value is -0.370. The molecule has 0 bridgehead atoms. The van der Waals surface area contributed by atoms with Crippen LogP contribution in [0.3, 0.4) is 0 Å². The zero-order chi connectivity index (χ0) is 9.56. The van der Waals surface area contributed by atoms with Crippen LogP contribution in [0.25, 0.3) is 0 Å². The van der Waals surface area contributed by atoms with E-state index in [2.05, 4.69) is 32.2 Å². The lowest BCUT2D eigenvalue weighted by Crippen LogP contribution is -2.20. The number of thiocarbonyl (C=S) groups is 1. The van der Waals surface area contributed by atoms with Crippen LogP contribution in [-0.4, -0.2) is 11.4 Å². The molecule has 0 amide bonds. The Morgan fingerprint density at radius 1 is 1.50 bits per heavy atom. The number of hydrogen-bond donors (Lipinski definition) is 1. The number of allylic oxidation sites excluding steroid dienone is 2. The molecule has 0 heterocycles. The number of nitrogens with one attached hydrogen (secondary N) is 1. The minimum atomic E-state index is 0.671. The molecule has 1 nitrogen and oxygen atoms in total. The van der Waals surface area contributed by atoms with Crippen LogP contribution < -0.4 is 5.32 Å². The van der Waals surface area contributed by atoms with Gasteiger partial charge in [0, 0.05) is 17.1 Å². The van der Waals surface area contributed by atoms with Crippen LogP contribution in [0.4, 0.5) is 0 Å². The fraction of sp³-hybridized carbons (Fsp3) is 0.700. The topological polar surface area (TPSA) is 12.0 Å². The molecule has 0 saturated carbocycles. The molecular formula is C10H19NS. The van der Waals surface area contributed by atoms with Gasteiger partial charge in [-0.25, -0.2) is 0 Å². The largest absolute Gasteiger partial charge is 0.384 e. The van der Waals surface area contributed by atoms with Crippen molar-refractivity contribution >= 4 is 17.1 Å². The highest BCUT2D eigenvalue weighted by atomic mass is 32.1. The SMILES string of the molecule is C/C=C(/C)NCC(=S)CC(C)C. The summed E-state index contributed by atoms with van der Waals surface area (Å²) in [5.41, 5.74) is 1.20. The van der Waals surface area contributed by atoms with E-state index in [4.69, 9.17) is 12.2 Å². The molecule has 0 spiro atoms. The van der Waals surface area contributed by atoms with Gasteiger partial charge < -0.3 is 5.32 Å². The van der Waals surface area contributed by atoms with Crippen LogP contribution in [-0.2, 0) is 0 Å². The molecule has 0 aromatic rings. The van der Waals surface area contributed by atoms with Crippen molar-refractivity contribution in [3.8, 4) is 0 Å². The first kappa shape index (κ1) is 11.6. The second-order valence-electron chi connectivity index (χ2n) is 3.46. The standard InChI is InChI=1S/C10H19NS/c1-5-9(4)11-7-10(12)6-8(2)3/h5,8,11H,6-7H2,1-4H3/b9-5-. The molecule has 1 N–H and O–H groups in total. The zero-order valence-corrected chi connectivity index (χ0v) is 9.29. The van der Waals surface area contributed by atoms with Crippen LogP contribution in [0.15, 0.2) is 11.8 Å². The second kappa shape index (κ2) is 6.18. The highest BCUT2D eigenvalue weighted by Crippen LogP contribution is 2.01. The summed E-state index contributed by atoms with van der Waals surface area (Å²) in [6.45, 7) is 9.29. The van der Waals surface area contributed by atoms with Gasteiger partial charge in [-0.3, -0.25) is 0 Å². The summed E-state index contributed by atoms with van der Waals surface area (Å²) in [5, 5.41) is 3.26. The predicted octanol–water partition coefficient (Wildman–Crippen LogP) is 2.92. The maximum atomic E-state index is 5.21. The van der Waals surface area contributed by atoms with E-state index >= 15 is 0 Å². The molecular weight excluding hydrogens is 166 g/mol. The fourth-order valence-corrected chi connectivity index (χ4v) is 1.27. The van der Waals surface area contributed by atoms with Gasteiger partial charge in [0.05, 0.1) is 0 Å². The highest BCUT2D eigenvalue weighted by Gasteiger charge is 1.99. The smallest absolute Gasteiger partial charge is 0.0460 e. The van der Waals surface area contributed by atoms with Crippen LogP contribution in [0.1, 0.15) is 34.1 Å². The molecule has 0 aliphatic heterocycles. The van der Waals surface area contributed by atoms with E-state index in [0.29, 0.717) is 5.92 Å². The van der Waals surface area contributed by atoms with Crippen molar-refractivity contribution in [3.63, 3.8) is 0 Å². The first-order valence-corrected chi connectivity index (χ1v) is 4.85. The summed E-state index contributed by atoms with van der Waals surface area (Å²) < 4.78 is 0. The van der Waals surface area contributed by atoms with Gasteiger partial charge in [-0.2, -0.15) is 0 Å². The molecule has 0 aliphatic rings. The first-order chi connectivity index (χ1) is 5.56. The summed E-state index contributed by atoms with van der Waals surface area (Å²) in [4.78, 5) is 1.12. The Morgan fingerprint density at radius 2 is 2.08 bits per heavy atom. The van der Waals surface area contributed by atoms with Crippen LogP contribution in [0.5, 0.6) is 0 Å². The van der Waals surface area contributed by atoms with Crippen molar-refractivity contribution in [1.29, 1.82) is 0 Å². The van der Waals surface area contributed by atoms with Crippen LogP contribution in [0.2, 0.25) is 0 Å². The summed E-state index contributed by atoms with van der Waals surface area (Å²) in [6, 6.07) is 0. The third-order valence-electron chi connectivity index (χ3n) is 1.63. The quantitative estimate of drug-likeness (QED) is 0.661. The van der Waals surface area contributed by atoms with E-state index < -0.39 is 0 Å². The molecule has 0 fully saturated rings. The van der Waals surface area contributed by atoms with E-state index in [0.717, 1.165) is 17.8 Å². The first-order valence-electron chi connectivity index (χ1n) is 4.44. The van der Waals surface area contributed by atoms with Gasteiger partial charge in [-0.15, -0.1) is 0 Å². The van der Waals surface area contributed by atoms with Gasteiger partial charge in [-0.1, -0.05) is 32.1 Å². The fourth-order valence-electron chi connectivity index (χ4n) is 0.868. The van der Waals surface area contributed by atoms with E-state index in [-0.39, 0.29) is 0 Å². The summed E-state index contributed by atoms with van der Waals surface area (Å²) >= 11 is 5.21. The third-order valence-corrected chi connectivity index (χ3v) is 1.94. The van der Waals surface area contributed by atoms with Gasteiger partial charge in [0.2, 0.25) is 0 Å². The van der Waals surface area contributed by atoms with Gasteiger partial charge in [0.15, 0.2) is 0 Å². The number of rotatable bonds is 5. The molecule has 0 rings (SSSR count). The maximum Gasteiger partial charge on any atom is 0.0460 e. The average molecular weight is 185 g/mol. The zero-order valence-electron chi connectivity index (χ0n) is 8.48. The molecule has 0 aliphatic carbocycles. The second-order valence-corrected chi connectivity index (χ2v) is 4.04. The Labute approximate surface area is 81.2 Å². The van der Waals surface area contributed by atoms with E-state index in [9.17, 15) is 0 Å². The Bertz CT molecular complexity index is 171. The van der Waals surface area contributed by atoms with E-state index in [1.54, 1.807) is 0 Å². The van der Waals surface area contributed by atoms with Crippen LogP contribution >= 0.6 is 12.2 Å². The number of hydrogen-bond acceptors (Lipinski definition) is 2. The lowest BCUT2D eigenvalue weighted by Gasteiger charge is -2.09. The molecule has 70 valence electrons. The van der Waals surface area contributed by atoms with E-state index in [1.807, 2.05) is 6.92 Å². The van der Waals surface area contributed by atoms with Gasteiger partial charge >= 0.3 is 0 Å². The molecule has 0 radical (unpaired) electrons. The summed E-state index contributed by atoms with van der Waals surface area (Å²) in [6.07, 6.45) is 3.09. The lowest BCUT2D eigenvalue weighted by atomic mass is 10.1. The van der Waals surface area contributed by atoms with Crippen molar-refractivity contribution in [1.82, 2.24) is 5.32 Å². The van der Waals surface area contributed by atoms with Crippen molar-refractivity contribution < 1.29 is 0 Å². The Morgan fingerprint density at radius 3 is 2.50 bits per heavy atom. The minimum absolute atomic E-state index is 0.671. The highest BCUT2D eigenvalue weighted by molar-refractivity contribution is 7.80. The lowest BCUT2D eigenvalue weighted by molar-refractivity contribution is 0.681. The molecule has 2 heteroatoms. The Balaban J connectivity index is 3.58. The molecule has 0 aromatic carbocycles. The molecule has 12 heavy (non-hydrogen) atoms. The predicted molar refractivity (Wildman–Crippen MR) is 59.5 cm³/mol. The monoisotopic (exact) mass is 185 g/mol. The summed E-state index contributed by atoms with van der Waals surface area (Å²) in [7, 11) is 0. The molecule has 0 unspecified atom stereocenters. The van der Waals surface area contributed by atoms with Gasteiger partial charge in [-0.05, 0) is 26.2 Å². The minimum Gasteiger partial charge on any atom is -0.384 e. The molecule has 0 saturated heterocycles. The van der Waals surface area contributed by atoms with Crippen LogP contribution in [0, 0.1) is 5.92 Å². The molecule has 0 atom stereocenters. The van der Waals surface area contributed by atoms with Crippen molar-refractivity contribution in [2.24, 2.45) is 5.92 Å². The average Bonchev–Trinajstić information content (AvgIpc) is 1.99. The normalized spacial score (nSPS) is 11.9. The third kappa shape index (κ3) is 6.35. The summed E-state index contributed by atoms with van der Waals surface area (Å²) in [5.74, 6) is 0.671. The van der Waals surface area contributed by atoms with Gasteiger partial charge in [0.1, 0.15) is 0 Å². The Kier molecular flexibility index (Phi) is 5.99. The van der Waals surface area contributed by atoms with E-state index in [1.165, 1.54) is 5.70 Å².